The molecule has 3 heteroatoms. The van der Waals surface area contributed by atoms with Gasteiger partial charge in [-0.05, 0) is 36.1 Å². The standard InChI is InChI=1S/C9H10ClNO/c10-5-3-7-6(9(12)4-5)1-2-8(7)11/h3-4,8,12H,1-2,11H2/t8-/m1/s1. The van der Waals surface area contributed by atoms with Crippen LogP contribution in [0.25, 0.3) is 0 Å². The van der Waals surface area contributed by atoms with E-state index in [1.54, 1.807) is 6.07 Å². The maximum atomic E-state index is 9.49. The third-order valence-electron chi connectivity index (χ3n) is 2.33. The number of fused-ring (bicyclic) bond motifs is 1. The molecule has 0 radical (unpaired) electrons. The van der Waals surface area contributed by atoms with Crippen molar-refractivity contribution in [2.45, 2.75) is 18.9 Å². The van der Waals surface area contributed by atoms with Crippen LogP contribution in [0.15, 0.2) is 12.1 Å². The summed E-state index contributed by atoms with van der Waals surface area (Å²) in [5, 5.41) is 10.0. The molecule has 2 nitrogen and oxygen atoms in total. The fourth-order valence-electron chi connectivity index (χ4n) is 1.70. The molecule has 0 spiro atoms. The van der Waals surface area contributed by atoms with Gasteiger partial charge in [-0.2, -0.15) is 0 Å². The molecule has 0 aliphatic heterocycles. The number of benzene rings is 1. The summed E-state index contributed by atoms with van der Waals surface area (Å²) in [6, 6.07) is 3.46. The molecule has 1 aromatic carbocycles. The molecule has 12 heavy (non-hydrogen) atoms. The summed E-state index contributed by atoms with van der Waals surface area (Å²) < 4.78 is 0. The van der Waals surface area contributed by atoms with Crippen molar-refractivity contribution in [3.63, 3.8) is 0 Å². The number of rotatable bonds is 0. The maximum absolute atomic E-state index is 9.49. The van der Waals surface area contributed by atoms with Gasteiger partial charge in [0.05, 0.1) is 0 Å². The minimum absolute atomic E-state index is 0.0459. The molecular weight excluding hydrogens is 174 g/mol. The highest BCUT2D eigenvalue weighted by Crippen LogP contribution is 2.37. The zero-order chi connectivity index (χ0) is 8.72. The number of nitrogens with two attached hydrogens (primary N) is 1. The SMILES string of the molecule is N[C@@H]1CCc2c(O)cc(Cl)cc21. The summed E-state index contributed by atoms with van der Waals surface area (Å²) in [6.07, 6.45) is 1.77. The molecule has 0 unspecified atom stereocenters. The van der Waals surface area contributed by atoms with Crippen LogP contribution < -0.4 is 5.73 Å². The number of hydrogen-bond donors (Lipinski definition) is 2. The third-order valence-corrected chi connectivity index (χ3v) is 2.55. The highest BCUT2D eigenvalue weighted by Gasteiger charge is 2.22. The van der Waals surface area contributed by atoms with E-state index in [0.29, 0.717) is 5.02 Å². The molecule has 64 valence electrons. The minimum atomic E-state index is 0.0459. The van der Waals surface area contributed by atoms with Crippen LogP contribution in [0.4, 0.5) is 0 Å². The summed E-state index contributed by atoms with van der Waals surface area (Å²) in [6.45, 7) is 0. The molecule has 0 bridgehead atoms. The molecule has 1 aliphatic carbocycles. The summed E-state index contributed by atoms with van der Waals surface area (Å²) in [5.41, 5.74) is 7.78. The molecule has 1 aromatic rings. The molecule has 0 amide bonds. The van der Waals surface area contributed by atoms with Gasteiger partial charge in [0, 0.05) is 11.1 Å². The topological polar surface area (TPSA) is 46.2 Å². The predicted molar refractivity (Wildman–Crippen MR) is 48.4 cm³/mol. The van der Waals surface area contributed by atoms with Crippen LogP contribution in [0, 0.1) is 0 Å². The average Bonchev–Trinajstić information content (AvgIpc) is 2.33. The van der Waals surface area contributed by atoms with Crippen molar-refractivity contribution in [3.8, 4) is 5.75 Å². The summed E-state index contributed by atoms with van der Waals surface area (Å²) >= 11 is 5.78. The molecule has 2 rings (SSSR count). The van der Waals surface area contributed by atoms with E-state index < -0.39 is 0 Å². The van der Waals surface area contributed by atoms with Gasteiger partial charge in [0.15, 0.2) is 0 Å². The largest absolute Gasteiger partial charge is 0.508 e. The Morgan fingerprint density at radius 2 is 2.25 bits per heavy atom. The molecule has 0 heterocycles. The van der Waals surface area contributed by atoms with Crippen LogP contribution in [-0.2, 0) is 6.42 Å². The van der Waals surface area contributed by atoms with Gasteiger partial charge in [0.25, 0.3) is 0 Å². The smallest absolute Gasteiger partial charge is 0.120 e. The monoisotopic (exact) mass is 183 g/mol. The molecule has 0 saturated heterocycles. The van der Waals surface area contributed by atoms with E-state index >= 15 is 0 Å². The highest BCUT2D eigenvalue weighted by molar-refractivity contribution is 6.30. The molecule has 0 fully saturated rings. The van der Waals surface area contributed by atoms with Crippen LogP contribution in [0.3, 0.4) is 0 Å². The first kappa shape index (κ1) is 7.90. The van der Waals surface area contributed by atoms with Gasteiger partial charge < -0.3 is 10.8 Å². The molecule has 1 atom stereocenters. The lowest BCUT2D eigenvalue weighted by atomic mass is 10.1. The fraction of sp³-hybridized carbons (Fsp3) is 0.333. The lowest BCUT2D eigenvalue weighted by Gasteiger charge is -2.06. The van der Waals surface area contributed by atoms with Crippen molar-refractivity contribution in [2.75, 3.05) is 0 Å². The van der Waals surface area contributed by atoms with Crippen LogP contribution in [-0.4, -0.2) is 5.11 Å². The van der Waals surface area contributed by atoms with E-state index in [9.17, 15) is 5.11 Å². The number of phenols is 1. The maximum Gasteiger partial charge on any atom is 0.120 e. The molecular formula is C9H10ClNO. The highest BCUT2D eigenvalue weighted by atomic mass is 35.5. The zero-order valence-electron chi connectivity index (χ0n) is 6.55. The second-order valence-electron chi connectivity index (χ2n) is 3.14. The Morgan fingerprint density at radius 1 is 1.50 bits per heavy atom. The number of hydrogen-bond acceptors (Lipinski definition) is 2. The third kappa shape index (κ3) is 1.08. The van der Waals surface area contributed by atoms with Gasteiger partial charge in [-0.25, -0.2) is 0 Å². The Kier molecular flexibility index (Phi) is 1.74. The zero-order valence-corrected chi connectivity index (χ0v) is 7.30. The van der Waals surface area contributed by atoms with Crippen LogP contribution in [0.1, 0.15) is 23.6 Å². The van der Waals surface area contributed by atoms with Gasteiger partial charge in [-0.15, -0.1) is 0 Å². The van der Waals surface area contributed by atoms with Crippen molar-refractivity contribution in [1.82, 2.24) is 0 Å². The van der Waals surface area contributed by atoms with Gasteiger partial charge in [0.1, 0.15) is 5.75 Å². The van der Waals surface area contributed by atoms with Gasteiger partial charge in [-0.3, -0.25) is 0 Å². The summed E-state index contributed by atoms with van der Waals surface area (Å²) in [4.78, 5) is 0. The molecule has 0 saturated carbocycles. The quantitative estimate of drug-likeness (QED) is 0.646. The predicted octanol–water partition coefficient (Wildman–Crippen LogP) is 1.99. The first-order chi connectivity index (χ1) is 5.68. The van der Waals surface area contributed by atoms with Gasteiger partial charge >= 0.3 is 0 Å². The summed E-state index contributed by atoms with van der Waals surface area (Å²) in [5.74, 6) is 0.283. The van der Waals surface area contributed by atoms with Crippen LogP contribution >= 0.6 is 11.6 Å². The minimum Gasteiger partial charge on any atom is -0.508 e. The Bertz CT molecular complexity index is 325. The Hall–Kier alpha value is -0.730. The van der Waals surface area contributed by atoms with Crippen LogP contribution in [0.2, 0.25) is 5.02 Å². The fourth-order valence-corrected chi connectivity index (χ4v) is 1.92. The Balaban J connectivity index is 2.60. The number of aromatic hydroxyl groups is 1. The van der Waals surface area contributed by atoms with Crippen molar-refractivity contribution in [3.05, 3.63) is 28.3 Å². The van der Waals surface area contributed by atoms with E-state index in [2.05, 4.69) is 0 Å². The lowest BCUT2D eigenvalue weighted by molar-refractivity contribution is 0.469. The van der Waals surface area contributed by atoms with Crippen molar-refractivity contribution >= 4 is 11.6 Å². The number of halogens is 1. The summed E-state index contributed by atoms with van der Waals surface area (Å²) in [7, 11) is 0. The average molecular weight is 184 g/mol. The first-order valence-corrected chi connectivity index (χ1v) is 4.33. The Morgan fingerprint density at radius 3 is 3.00 bits per heavy atom. The van der Waals surface area contributed by atoms with Crippen molar-refractivity contribution in [2.24, 2.45) is 5.73 Å². The van der Waals surface area contributed by atoms with E-state index in [1.165, 1.54) is 0 Å². The van der Waals surface area contributed by atoms with Crippen molar-refractivity contribution in [1.29, 1.82) is 0 Å². The van der Waals surface area contributed by atoms with E-state index in [1.807, 2.05) is 6.07 Å². The molecule has 3 N–H and O–H groups in total. The Labute approximate surface area is 76.0 Å². The van der Waals surface area contributed by atoms with E-state index in [-0.39, 0.29) is 11.8 Å². The first-order valence-electron chi connectivity index (χ1n) is 3.95. The second kappa shape index (κ2) is 2.64. The van der Waals surface area contributed by atoms with E-state index in [4.69, 9.17) is 17.3 Å². The van der Waals surface area contributed by atoms with Gasteiger partial charge in [-0.1, -0.05) is 11.6 Å². The number of phenolic OH excluding ortho intramolecular Hbond substituents is 1. The van der Waals surface area contributed by atoms with Crippen LogP contribution in [0.5, 0.6) is 5.75 Å². The second-order valence-corrected chi connectivity index (χ2v) is 3.57. The van der Waals surface area contributed by atoms with E-state index in [0.717, 1.165) is 24.0 Å². The van der Waals surface area contributed by atoms with Crippen molar-refractivity contribution < 1.29 is 5.11 Å². The van der Waals surface area contributed by atoms with Gasteiger partial charge in [0.2, 0.25) is 0 Å². The lowest BCUT2D eigenvalue weighted by Crippen LogP contribution is -2.04. The molecule has 1 aliphatic rings. The molecule has 0 aromatic heterocycles. The normalized spacial score (nSPS) is 21.0.